The van der Waals surface area contributed by atoms with Gasteiger partial charge in [0.1, 0.15) is 11.7 Å². The zero-order chi connectivity index (χ0) is 20.1. The molecule has 0 aliphatic heterocycles. The van der Waals surface area contributed by atoms with Crippen LogP contribution in [-0.2, 0) is 12.6 Å². The van der Waals surface area contributed by atoms with Crippen molar-refractivity contribution in [2.45, 2.75) is 64.7 Å². The number of hydrogen-bond donors (Lipinski definition) is 0. The molecule has 1 heterocycles. The van der Waals surface area contributed by atoms with Crippen LogP contribution in [0, 0.1) is 0 Å². The Morgan fingerprint density at radius 3 is 2.46 bits per heavy atom. The molecule has 0 radical (unpaired) electrons. The van der Waals surface area contributed by atoms with E-state index < -0.39 is 11.7 Å². The predicted octanol–water partition coefficient (Wildman–Crippen LogP) is 5.93. The van der Waals surface area contributed by atoms with Crippen molar-refractivity contribution in [3.05, 3.63) is 41.6 Å². The Kier molecular flexibility index (Phi) is 6.42. The van der Waals surface area contributed by atoms with Gasteiger partial charge in [0.05, 0.1) is 0 Å². The standard InChI is InChI=1S/C21H26F3N3O/c1-3-15-10-8-9-13-18(15)27(4-2)20-25-14-17(21(22,23)24)19(26-20)28-16-11-6-5-7-12-16/h8-10,13-14,16H,3-7,11-12H2,1-2H3. The predicted molar refractivity (Wildman–Crippen MR) is 103 cm³/mol. The molecule has 0 saturated heterocycles. The number of para-hydroxylation sites is 1. The zero-order valence-corrected chi connectivity index (χ0v) is 16.3. The number of nitrogens with zero attached hydrogens (tertiary/aromatic N) is 3. The molecule has 1 aliphatic carbocycles. The molecule has 0 bridgehead atoms. The average molecular weight is 393 g/mol. The van der Waals surface area contributed by atoms with Crippen molar-refractivity contribution in [1.29, 1.82) is 0 Å². The first-order valence-electron chi connectivity index (χ1n) is 9.90. The number of benzene rings is 1. The average Bonchev–Trinajstić information content (AvgIpc) is 2.69. The van der Waals surface area contributed by atoms with Gasteiger partial charge < -0.3 is 9.64 Å². The highest BCUT2D eigenvalue weighted by molar-refractivity contribution is 5.62. The Morgan fingerprint density at radius 2 is 1.82 bits per heavy atom. The Morgan fingerprint density at radius 1 is 1.11 bits per heavy atom. The topological polar surface area (TPSA) is 38.2 Å². The minimum Gasteiger partial charge on any atom is -0.474 e. The summed E-state index contributed by atoms with van der Waals surface area (Å²) in [6.07, 6.45) is 1.41. The van der Waals surface area contributed by atoms with Crippen LogP contribution in [0.25, 0.3) is 0 Å². The van der Waals surface area contributed by atoms with Gasteiger partial charge in [-0.15, -0.1) is 0 Å². The number of aromatic nitrogens is 2. The van der Waals surface area contributed by atoms with Crippen LogP contribution in [0.1, 0.15) is 57.1 Å². The first kappa shape index (κ1) is 20.4. The Balaban J connectivity index is 1.99. The first-order valence-corrected chi connectivity index (χ1v) is 9.90. The number of halogens is 3. The van der Waals surface area contributed by atoms with Crippen molar-refractivity contribution in [3.63, 3.8) is 0 Å². The zero-order valence-electron chi connectivity index (χ0n) is 16.3. The van der Waals surface area contributed by atoms with Crippen LogP contribution >= 0.6 is 0 Å². The largest absolute Gasteiger partial charge is 0.474 e. The molecule has 7 heteroatoms. The summed E-state index contributed by atoms with van der Waals surface area (Å²) < 4.78 is 46.2. The molecule has 0 unspecified atom stereocenters. The number of ether oxygens (including phenoxy) is 1. The fraction of sp³-hybridized carbons (Fsp3) is 0.524. The number of rotatable bonds is 6. The molecule has 1 aromatic heterocycles. The van der Waals surface area contributed by atoms with E-state index in [0.717, 1.165) is 56.0 Å². The molecule has 0 atom stereocenters. The van der Waals surface area contributed by atoms with E-state index in [1.165, 1.54) is 0 Å². The van der Waals surface area contributed by atoms with Gasteiger partial charge in [-0.25, -0.2) is 4.98 Å². The fourth-order valence-corrected chi connectivity index (χ4v) is 3.61. The summed E-state index contributed by atoms with van der Waals surface area (Å²) in [5, 5.41) is 0. The number of aryl methyl sites for hydroxylation is 1. The molecule has 1 fully saturated rings. The van der Waals surface area contributed by atoms with Crippen molar-refractivity contribution in [1.82, 2.24) is 9.97 Å². The number of hydrogen-bond acceptors (Lipinski definition) is 4. The molecule has 0 amide bonds. The van der Waals surface area contributed by atoms with Crippen LogP contribution in [0.5, 0.6) is 5.88 Å². The van der Waals surface area contributed by atoms with Gasteiger partial charge in [-0.2, -0.15) is 18.2 Å². The molecule has 0 N–H and O–H groups in total. The summed E-state index contributed by atoms with van der Waals surface area (Å²) in [6, 6.07) is 7.79. The Hall–Kier alpha value is -2.31. The van der Waals surface area contributed by atoms with E-state index >= 15 is 0 Å². The third-order valence-electron chi connectivity index (χ3n) is 5.10. The van der Waals surface area contributed by atoms with Gasteiger partial charge >= 0.3 is 6.18 Å². The molecule has 2 aromatic rings. The van der Waals surface area contributed by atoms with Gasteiger partial charge in [-0.05, 0) is 50.7 Å². The molecule has 1 aromatic carbocycles. The van der Waals surface area contributed by atoms with Crippen molar-refractivity contribution < 1.29 is 17.9 Å². The monoisotopic (exact) mass is 393 g/mol. The van der Waals surface area contributed by atoms with Crippen molar-refractivity contribution in [2.24, 2.45) is 0 Å². The summed E-state index contributed by atoms with van der Waals surface area (Å²) in [6.45, 7) is 4.50. The van der Waals surface area contributed by atoms with Crippen LogP contribution in [-0.4, -0.2) is 22.6 Å². The second-order valence-corrected chi connectivity index (χ2v) is 6.99. The molecule has 152 valence electrons. The van der Waals surface area contributed by atoms with Crippen molar-refractivity contribution in [3.8, 4) is 5.88 Å². The smallest absolute Gasteiger partial charge is 0.423 e. The maximum absolute atomic E-state index is 13.5. The van der Waals surface area contributed by atoms with Crippen molar-refractivity contribution in [2.75, 3.05) is 11.4 Å². The highest BCUT2D eigenvalue weighted by Gasteiger charge is 2.37. The minimum absolute atomic E-state index is 0.224. The maximum Gasteiger partial charge on any atom is 0.423 e. The van der Waals surface area contributed by atoms with E-state index in [2.05, 4.69) is 9.97 Å². The minimum atomic E-state index is -4.55. The Bertz CT molecular complexity index is 789. The molecule has 3 rings (SSSR count). The third-order valence-corrected chi connectivity index (χ3v) is 5.10. The molecule has 1 aliphatic rings. The summed E-state index contributed by atoms with van der Waals surface area (Å²) in [5.41, 5.74) is 1.07. The van der Waals surface area contributed by atoms with Gasteiger partial charge in [-0.3, -0.25) is 0 Å². The van der Waals surface area contributed by atoms with Gasteiger partial charge in [0.2, 0.25) is 11.8 Å². The highest BCUT2D eigenvalue weighted by Crippen LogP contribution is 2.38. The van der Waals surface area contributed by atoms with Crippen molar-refractivity contribution >= 4 is 11.6 Å². The summed E-state index contributed by atoms with van der Waals surface area (Å²) in [7, 11) is 0. The number of alkyl halides is 3. The van der Waals surface area contributed by atoms with E-state index in [-0.39, 0.29) is 17.9 Å². The van der Waals surface area contributed by atoms with Gasteiger partial charge in [-0.1, -0.05) is 31.5 Å². The maximum atomic E-state index is 13.5. The summed E-state index contributed by atoms with van der Waals surface area (Å²) in [4.78, 5) is 10.1. The number of anilines is 2. The van der Waals surface area contributed by atoms with Crippen LogP contribution in [0.4, 0.5) is 24.8 Å². The lowest BCUT2D eigenvalue weighted by atomic mass is 9.98. The van der Waals surface area contributed by atoms with Gasteiger partial charge in [0.25, 0.3) is 0 Å². The molecule has 28 heavy (non-hydrogen) atoms. The third kappa shape index (κ3) is 4.56. The van der Waals surface area contributed by atoms with Crippen LogP contribution < -0.4 is 9.64 Å². The fourth-order valence-electron chi connectivity index (χ4n) is 3.61. The molecule has 1 saturated carbocycles. The molecular formula is C21H26F3N3O. The first-order chi connectivity index (χ1) is 13.4. The van der Waals surface area contributed by atoms with E-state index in [0.29, 0.717) is 6.54 Å². The summed E-state index contributed by atoms with van der Waals surface area (Å²) >= 11 is 0. The van der Waals surface area contributed by atoms with Crippen LogP contribution in [0.15, 0.2) is 30.5 Å². The summed E-state index contributed by atoms with van der Waals surface area (Å²) in [5.74, 6) is -0.140. The lowest BCUT2D eigenvalue weighted by Gasteiger charge is -2.27. The van der Waals surface area contributed by atoms with E-state index in [1.54, 1.807) is 0 Å². The quantitative estimate of drug-likeness (QED) is 0.610. The molecule has 0 spiro atoms. The lowest BCUT2D eigenvalue weighted by molar-refractivity contribution is -0.140. The van der Waals surface area contributed by atoms with E-state index in [9.17, 15) is 13.2 Å². The second kappa shape index (κ2) is 8.80. The SMILES string of the molecule is CCc1ccccc1N(CC)c1ncc(C(F)(F)F)c(OC2CCCCC2)n1. The second-order valence-electron chi connectivity index (χ2n) is 6.99. The highest BCUT2D eigenvalue weighted by atomic mass is 19.4. The molecule has 4 nitrogen and oxygen atoms in total. The lowest BCUT2D eigenvalue weighted by Crippen LogP contribution is -2.25. The van der Waals surface area contributed by atoms with Gasteiger partial charge in [0, 0.05) is 18.4 Å². The van der Waals surface area contributed by atoms with E-state index in [4.69, 9.17) is 4.74 Å². The normalized spacial score (nSPS) is 15.5. The molecular weight excluding hydrogens is 367 g/mol. The van der Waals surface area contributed by atoms with E-state index in [1.807, 2.05) is 43.0 Å². The Labute approximate surface area is 163 Å². The van der Waals surface area contributed by atoms with Crippen LogP contribution in [0.3, 0.4) is 0 Å². The van der Waals surface area contributed by atoms with Crippen LogP contribution in [0.2, 0.25) is 0 Å². The van der Waals surface area contributed by atoms with Gasteiger partial charge in [0.15, 0.2) is 0 Å².